The van der Waals surface area contributed by atoms with Crippen LogP contribution in [0.4, 0.5) is 5.69 Å². The molecular weight excluding hydrogens is 246 g/mol. The van der Waals surface area contributed by atoms with Gasteiger partial charge in [-0.05, 0) is 6.42 Å². The number of carbonyl (C=O) groups excluding carboxylic acids is 2. The molecule has 1 aromatic heterocycles. The standard InChI is InChI=1S/C12H19N5O2/c1-3-9-10(8-16(2)15-9)14-11(18)12(19)17-6-4-13-5-7-17/h8,13H,3-7H2,1-2H3,(H,14,18). The van der Waals surface area contributed by atoms with E-state index in [1.807, 2.05) is 6.92 Å². The normalized spacial score (nSPS) is 15.4. The third kappa shape index (κ3) is 3.11. The summed E-state index contributed by atoms with van der Waals surface area (Å²) in [6, 6.07) is 0. The SMILES string of the molecule is CCc1nn(C)cc1NC(=O)C(=O)N1CCNCC1. The Morgan fingerprint density at radius 3 is 2.74 bits per heavy atom. The number of nitrogens with one attached hydrogen (secondary N) is 2. The van der Waals surface area contributed by atoms with Gasteiger partial charge in [0.15, 0.2) is 0 Å². The minimum Gasteiger partial charge on any atom is -0.332 e. The molecule has 1 aliphatic heterocycles. The summed E-state index contributed by atoms with van der Waals surface area (Å²) in [5, 5.41) is 10.0. The predicted octanol–water partition coefficient (Wildman–Crippen LogP) is -0.647. The van der Waals surface area contributed by atoms with E-state index in [4.69, 9.17) is 0 Å². The number of piperazine rings is 1. The van der Waals surface area contributed by atoms with Gasteiger partial charge in [-0.3, -0.25) is 14.3 Å². The first-order chi connectivity index (χ1) is 9.11. The maximum absolute atomic E-state index is 12.0. The minimum absolute atomic E-state index is 0.479. The van der Waals surface area contributed by atoms with Gasteiger partial charge in [0.25, 0.3) is 0 Å². The van der Waals surface area contributed by atoms with Crippen LogP contribution >= 0.6 is 0 Å². The topological polar surface area (TPSA) is 79.3 Å². The average molecular weight is 265 g/mol. The number of hydrogen-bond donors (Lipinski definition) is 2. The van der Waals surface area contributed by atoms with Crippen molar-refractivity contribution >= 4 is 17.5 Å². The van der Waals surface area contributed by atoms with Crippen molar-refractivity contribution in [3.05, 3.63) is 11.9 Å². The summed E-state index contributed by atoms with van der Waals surface area (Å²) in [6.45, 7) is 4.55. The fraction of sp³-hybridized carbons (Fsp3) is 0.583. The van der Waals surface area contributed by atoms with E-state index in [0.29, 0.717) is 25.2 Å². The molecule has 1 aromatic rings. The molecule has 2 rings (SSSR count). The van der Waals surface area contributed by atoms with Crippen molar-refractivity contribution in [2.75, 3.05) is 31.5 Å². The van der Waals surface area contributed by atoms with Crippen LogP contribution in [0.25, 0.3) is 0 Å². The molecule has 104 valence electrons. The Morgan fingerprint density at radius 2 is 2.11 bits per heavy atom. The number of nitrogens with zero attached hydrogens (tertiary/aromatic N) is 3. The molecule has 0 bridgehead atoms. The molecule has 0 spiro atoms. The predicted molar refractivity (Wildman–Crippen MR) is 70.7 cm³/mol. The third-order valence-corrected chi connectivity index (χ3v) is 3.09. The highest BCUT2D eigenvalue weighted by Gasteiger charge is 2.24. The Labute approximate surface area is 111 Å². The quantitative estimate of drug-likeness (QED) is 0.697. The van der Waals surface area contributed by atoms with Crippen LogP contribution in [-0.4, -0.2) is 52.7 Å². The Morgan fingerprint density at radius 1 is 1.42 bits per heavy atom. The maximum Gasteiger partial charge on any atom is 0.313 e. The van der Waals surface area contributed by atoms with Crippen molar-refractivity contribution in [2.24, 2.45) is 7.05 Å². The fourth-order valence-corrected chi connectivity index (χ4v) is 2.09. The van der Waals surface area contributed by atoms with Crippen molar-refractivity contribution in [1.29, 1.82) is 0 Å². The summed E-state index contributed by atoms with van der Waals surface area (Å²) in [7, 11) is 1.78. The zero-order valence-electron chi connectivity index (χ0n) is 11.3. The van der Waals surface area contributed by atoms with E-state index in [0.717, 1.165) is 18.8 Å². The van der Waals surface area contributed by atoms with Crippen LogP contribution in [0.5, 0.6) is 0 Å². The van der Waals surface area contributed by atoms with Gasteiger partial charge in [0.05, 0.1) is 11.4 Å². The average Bonchev–Trinajstić information content (AvgIpc) is 2.78. The molecule has 0 unspecified atom stereocenters. The Hall–Kier alpha value is -1.89. The van der Waals surface area contributed by atoms with E-state index in [9.17, 15) is 9.59 Å². The Kier molecular flexibility index (Phi) is 4.16. The van der Waals surface area contributed by atoms with Gasteiger partial charge < -0.3 is 15.5 Å². The van der Waals surface area contributed by atoms with Crippen LogP contribution in [0.15, 0.2) is 6.20 Å². The molecule has 19 heavy (non-hydrogen) atoms. The smallest absolute Gasteiger partial charge is 0.313 e. The largest absolute Gasteiger partial charge is 0.332 e. The molecule has 2 heterocycles. The monoisotopic (exact) mass is 265 g/mol. The Bertz CT molecular complexity index is 476. The molecule has 0 radical (unpaired) electrons. The molecule has 7 heteroatoms. The van der Waals surface area contributed by atoms with E-state index >= 15 is 0 Å². The van der Waals surface area contributed by atoms with Crippen molar-refractivity contribution < 1.29 is 9.59 Å². The Balaban J connectivity index is 2.01. The summed E-state index contributed by atoms with van der Waals surface area (Å²) in [6.07, 6.45) is 2.42. The summed E-state index contributed by atoms with van der Waals surface area (Å²) < 4.78 is 1.63. The summed E-state index contributed by atoms with van der Waals surface area (Å²) in [5.41, 5.74) is 1.39. The van der Waals surface area contributed by atoms with Crippen LogP contribution in [-0.2, 0) is 23.1 Å². The second-order valence-corrected chi connectivity index (χ2v) is 4.51. The number of carbonyl (C=O) groups is 2. The molecular formula is C12H19N5O2. The lowest BCUT2D eigenvalue weighted by Gasteiger charge is -2.26. The highest BCUT2D eigenvalue weighted by Crippen LogP contribution is 2.13. The van der Waals surface area contributed by atoms with E-state index in [1.165, 1.54) is 0 Å². The number of hydrogen-bond acceptors (Lipinski definition) is 4. The second kappa shape index (κ2) is 5.83. The van der Waals surface area contributed by atoms with Crippen LogP contribution in [0.3, 0.4) is 0 Å². The summed E-state index contributed by atoms with van der Waals surface area (Å²) >= 11 is 0. The second-order valence-electron chi connectivity index (χ2n) is 4.51. The van der Waals surface area contributed by atoms with Crippen LogP contribution in [0.2, 0.25) is 0 Å². The van der Waals surface area contributed by atoms with Gasteiger partial charge in [0.1, 0.15) is 0 Å². The van der Waals surface area contributed by atoms with Gasteiger partial charge in [-0.15, -0.1) is 0 Å². The number of anilines is 1. The lowest BCUT2D eigenvalue weighted by Crippen LogP contribution is -2.49. The highest BCUT2D eigenvalue weighted by atomic mass is 16.2. The summed E-state index contributed by atoms with van der Waals surface area (Å²) in [5.74, 6) is -1.07. The molecule has 2 N–H and O–H groups in total. The number of aromatic nitrogens is 2. The molecule has 2 amide bonds. The van der Waals surface area contributed by atoms with E-state index < -0.39 is 11.8 Å². The van der Waals surface area contributed by atoms with Gasteiger partial charge in [-0.2, -0.15) is 5.10 Å². The first-order valence-corrected chi connectivity index (χ1v) is 6.45. The van der Waals surface area contributed by atoms with Crippen LogP contribution < -0.4 is 10.6 Å². The molecule has 1 aliphatic rings. The molecule has 1 saturated heterocycles. The lowest BCUT2D eigenvalue weighted by atomic mass is 10.3. The van der Waals surface area contributed by atoms with E-state index in [1.54, 1.807) is 22.8 Å². The van der Waals surface area contributed by atoms with E-state index in [-0.39, 0.29) is 0 Å². The minimum atomic E-state index is -0.593. The van der Waals surface area contributed by atoms with Gasteiger partial charge in [0, 0.05) is 39.4 Å². The van der Waals surface area contributed by atoms with Crippen molar-refractivity contribution in [3.8, 4) is 0 Å². The number of aryl methyl sites for hydroxylation is 2. The third-order valence-electron chi connectivity index (χ3n) is 3.09. The van der Waals surface area contributed by atoms with Gasteiger partial charge in [-0.25, -0.2) is 0 Å². The molecule has 7 nitrogen and oxygen atoms in total. The van der Waals surface area contributed by atoms with Gasteiger partial charge in [-0.1, -0.05) is 6.92 Å². The van der Waals surface area contributed by atoms with Crippen LogP contribution in [0.1, 0.15) is 12.6 Å². The van der Waals surface area contributed by atoms with Crippen molar-refractivity contribution in [1.82, 2.24) is 20.0 Å². The number of amides is 2. The molecule has 1 fully saturated rings. The van der Waals surface area contributed by atoms with Crippen molar-refractivity contribution in [3.63, 3.8) is 0 Å². The first kappa shape index (κ1) is 13.5. The highest BCUT2D eigenvalue weighted by molar-refractivity contribution is 6.39. The van der Waals surface area contributed by atoms with E-state index in [2.05, 4.69) is 15.7 Å². The van der Waals surface area contributed by atoms with Gasteiger partial charge >= 0.3 is 11.8 Å². The molecule has 0 aromatic carbocycles. The zero-order chi connectivity index (χ0) is 13.8. The number of rotatable bonds is 2. The molecule has 0 aliphatic carbocycles. The summed E-state index contributed by atoms with van der Waals surface area (Å²) in [4.78, 5) is 25.5. The molecule has 0 atom stereocenters. The van der Waals surface area contributed by atoms with Gasteiger partial charge in [0.2, 0.25) is 0 Å². The van der Waals surface area contributed by atoms with Crippen LogP contribution in [0, 0.1) is 0 Å². The molecule has 0 saturated carbocycles. The fourth-order valence-electron chi connectivity index (χ4n) is 2.09. The van der Waals surface area contributed by atoms with Crippen molar-refractivity contribution in [2.45, 2.75) is 13.3 Å². The lowest BCUT2D eigenvalue weighted by molar-refractivity contribution is -0.143. The first-order valence-electron chi connectivity index (χ1n) is 6.45. The maximum atomic E-state index is 12.0. The zero-order valence-corrected chi connectivity index (χ0v) is 11.3.